The van der Waals surface area contributed by atoms with Crippen molar-refractivity contribution in [2.75, 3.05) is 11.5 Å². The summed E-state index contributed by atoms with van der Waals surface area (Å²) in [4.78, 5) is 10.7. The Morgan fingerprint density at radius 3 is 2.45 bits per heavy atom. The lowest BCUT2D eigenvalue weighted by Gasteiger charge is -2.16. The standard InChI is InChI=1S/C12H15NO7S2/c1-7-2-3-8(12(15)16)4-11(7)22(19,20)13-9-5-21(17,18)6-10(9)14/h2-4,9-10,13-14H,5-6H2,1H3,(H,15,16)/t9-,10+/m1/s1. The van der Waals surface area contributed by atoms with E-state index in [4.69, 9.17) is 5.11 Å². The highest BCUT2D eigenvalue weighted by molar-refractivity contribution is 7.92. The Kier molecular flexibility index (Phi) is 4.30. The van der Waals surface area contributed by atoms with Gasteiger partial charge in [0.25, 0.3) is 0 Å². The molecule has 8 nitrogen and oxygen atoms in total. The van der Waals surface area contributed by atoms with E-state index in [-0.39, 0.29) is 10.5 Å². The molecule has 1 saturated heterocycles. The first-order chi connectivity index (χ1) is 10.0. The zero-order valence-electron chi connectivity index (χ0n) is 11.6. The minimum atomic E-state index is -4.15. The average molecular weight is 349 g/mol. The quantitative estimate of drug-likeness (QED) is 0.642. The fourth-order valence-corrected chi connectivity index (χ4v) is 5.61. The monoisotopic (exact) mass is 349 g/mol. The summed E-state index contributed by atoms with van der Waals surface area (Å²) in [5.41, 5.74) is 0.110. The summed E-state index contributed by atoms with van der Waals surface area (Å²) in [5, 5.41) is 18.6. The number of sulfonamides is 1. The number of carboxylic acid groups (broad SMARTS) is 1. The molecule has 1 aliphatic heterocycles. The van der Waals surface area contributed by atoms with Crippen molar-refractivity contribution in [3.05, 3.63) is 29.3 Å². The lowest BCUT2D eigenvalue weighted by molar-refractivity contribution is 0.0696. The summed E-state index contributed by atoms with van der Waals surface area (Å²) < 4.78 is 49.6. The van der Waals surface area contributed by atoms with E-state index in [2.05, 4.69) is 4.72 Å². The van der Waals surface area contributed by atoms with Gasteiger partial charge in [0.1, 0.15) is 0 Å². The summed E-state index contributed by atoms with van der Waals surface area (Å²) in [6, 6.07) is 2.46. The van der Waals surface area contributed by atoms with Crippen molar-refractivity contribution in [3.63, 3.8) is 0 Å². The first-order valence-electron chi connectivity index (χ1n) is 6.26. The Morgan fingerprint density at radius 1 is 1.32 bits per heavy atom. The number of aliphatic hydroxyl groups excluding tert-OH is 1. The minimum Gasteiger partial charge on any atom is -0.478 e. The molecule has 0 spiro atoms. The predicted molar refractivity (Wildman–Crippen MR) is 76.9 cm³/mol. The number of aromatic carboxylic acids is 1. The molecular formula is C12H15NO7S2. The highest BCUT2D eigenvalue weighted by Crippen LogP contribution is 2.20. The number of hydrogen-bond donors (Lipinski definition) is 3. The maximum Gasteiger partial charge on any atom is 0.335 e. The van der Waals surface area contributed by atoms with E-state index < -0.39 is 49.5 Å². The normalized spacial score (nSPS) is 24.3. The molecular weight excluding hydrogens is 334 g/mol. The third kappa shape index (κ3) is 3.46. The molecule has 0 radical (unpaired) electrons. The van der Waals surface area contributed by atoms with Crippen LogP contribution in [0.1, 0.15) is 15.9 Å². The third-order valence-corrected chi connectivity index (χ3v) is 6.70. The molecule has 0 amide bonds. The lowest BCUT2D eigenvalue weighted by atomic mass is 10.1. The van der Waals surface area contributed by atoms with Crippen LogP contribution >= 0.6 is 0 Å². The molecule has 3 N–H and O–H groups in total. The minimum absolute atomic E-state index is 0.203. The number of benzene rings is 1. The van der Waals surface area contributed by atoms with E-state index in [1.54, 1.807) is 0 Å². The van der Waals surface area contributed by atoms with E-state index in [1.807, 2.05) is 0 Å². The molecule has 1 aliphatic rings. The average Bonchev–Trinajstić information content (AvgIpc) is 2.61. The lowest BCUT2D eigenvalue weighted by Crippen LogP contribution is -2.42. The van der Waals surface area contributed by atoms with Crippen LogP contribution in [0.25, 0.3) is 0 Å². The molecule has 1 aromatic rings. The Bertz CT molecular complexity index is 814. The van der Waals surface area contributed by atoms with Crippen LogP contribution in [0.4, 0.5) is 0 Å². The maximum absolute atomic E-state index is 12.3. The van der Waals surface area contributed by atoms with Gasteiger partial charge in [0, 0.05) is 0 Å². The van der Waals surface area contributed by atoms with Gasteiger partial charge in [0.15, 0.2) is 9.84 Å². The summed E-state index contributed by atoms with van der Waals surface area (Å²) in [6.07, 6.45) is -1.33. The molecule has 0 aromatic heterocycles. The number of sulfone groups is 1. The smallest absolute Gasteiger partial charge is 0.335 e. The number of aliphatic hydroxyl groups is 1. The number of carboxylic acids is 1. The number of nitrogens with one attached hydrogen (secondary N) is 1. The van der Waals surface area contributed by atoms with Gasteiger partial charge in [-0.3, -0.25) is 0 Å². The van der Waals surface area contributed by atoms with Gasteiger partial charge < -0.3 is 10.2 Å². The predicted octanol–water partition coefficient (Wildman–Crippen LogP) is -0.871. The Hall–Kier alpha value is -1.49. The third-order valence-electron chi connectivity index (χ3n) is 3.35. The van der Waals surface area contributed by atoms with Crippen molar-refractivity contribution < 1.29 is 31.8 Å². The molecule has 1 aromatic carbocycles. The summed E-state index contributed by atoms with van der Waals surface area (Å²) in [7, 11) is -7.65. The second-order valence-electron chi connectivity index (χ2n) is 5.16. The topological polar surface area (TPSA) is 138 Å². The van der Waals surface area contributed by atoms with Gasteiger partial charge in [-0.25, -0.2) is 26.4 Å². The van der Waals surface area contributed by atoms with Crippen molar-refractivity contribution in [2.45, 2.75) is 24.0 Å². The van der Waals surface area contributed by atoms with E-state index in [9.17, 15) is 26.7 Å². The SMILES string of the molecule is Cc1ccc(C(=O)O)cc1S(=O)(=O)N[C@@H]1CS(=O)(=O)C[C@@H]1O. The Labute approximate surface area is 127 Å². The van der Waals surface area contributed by atoms with Crippen LogP contribution in [0.3, 0.4) is 0 Å². The zero-order chi connectivity index (χ0) is 16.7. The number of rotatable bonds is 4. The zero-order valence-corrected chi connectivity index (χ0v) is 13.2. The second kappa shape index (κ2) is 5.61. The van der Waals surface area contributed by atoms with Gasteiger partial charge in [-0.1, -0.05) is 6.07 Å². The van der Waals surface area contributed by atoms with Gasteiger partial charge in [-0.2, -0.15) is 0 Å². The molecule has 0 bridgehead atoms. The highest BCUT2D eigenvalue weighted by Gasteiger charge is 2.39. The first-order valence-corrected chi connectivity index (χ1v) is 9.57. The maximum atomic E-state index is 12.3. The highest BCUT2D eigenvalue weighted by atomic mass is 32.2. The van der Waals surface area contributed by atoms with Crippen LogP contribution in [-0.4, -0.2) is 56.7 Å². The van der Waals surface area contributed by atoms with E-state index in [1.165, 1.54) is 19.1 Å². The molecule has 2 rings (SSSR count). The fraction of sp³-hybridized carbons (Fsp3) is 0.417. The number of aryl methyl sites for hydroxylation is 1. The molecule has 10 heteroatoms. The Morgan fingerprint density at radius 2 is 1.95 bits per heavy atom. The van der Waals surface area contributed by atoms with Gasteiger partial charge in [0.05, 0.1) is 34.1 Å². The van der Waals surface area contributed by atoms with Crippen molar-refractivity contribution in [1.82, 2.24) is 4.72 Å². The van der Waals surface area contributed by atoms with Crippen molar-refractivity contribution in [1.29, 1.82) is 0 Å². The summed E-state index contributed by atoms with van der Waals surface area (Å²) in [6.45, 7) is 1.49. The molecule has 1 heterocycles. The van der Waals surface area contributed by atoms with E-state index in [0.717, 1.165) is 6.07 Å². The van der Waals surface area contributed by atoms with Crippen LogP contribution in [0, 0.1) is 6.92 Å². The Balaban J connectivity index is 2.35. The molecule has 0 saturated carbocycles. The molecule has 1 fully saturated rings. The van der Waals surface area contributed by atoms with Gasteiger partial charge in [0.2, 0.25) is 10.0 Å². The second-order valence-corrected chi connectivity index (χ2v) is 8.99. The van der Waals surface area contributed by atoms with Gasteiger partial charge in [-0.15, -0.1) is 0 Å². The number of carbonyl (C=O) groups is 1. The molecule has 2 atom stereocenters. The molecule has 122 valence electrons. The van der Waals surface area contributed by atoms with Crippen molar-refractivity contribution in [3.8, 4) is 0 Å². The van der Waals surface area contributed by atoms with Gasteiger partial charge >= 0.3 is 5.97 Å². The molecule has 22 heavy (non-hydrogen) atoms. The summed E-state index contributed by atoms with van der Waals surface area (Å²) >= 11 is 0. The van der Waals surface area contributed by atoms with Crippen molar-refractivity contribution in [2.24, 2.45) is 0 Å². The van der Waals surface area contributed by atoms with Crippen LogP contribution in [0.2, 0.25) is 0 Å². The van der Waals surface area contributed by atoms with Crippen LogP contribution in [0.15, 0.2) is 23.1 Å². The van der Waals surface area contributed by atoms with Crippen molar-refractivity contribution >= 4 is 25.8 Å². The molecule has 0 aliphatic carbocycles. The van der Waals surface area contributed by atoms with Gasteiger partial charge in [-0.05, 0) is 24.6 Å². The van der Waals surface area contributed by atoms with Crippen LogP contribution < -0.4 is 4.72 Å². The van der Waals surface area contributed by atoms with Crippen LogP contribution in [0.5, 0.6) is 0 Å². The largest absolute Gasteiger partial charge is 0.478 e. The number of hydrogen-bond acceptors (Lipinski definition) is 6. The first kappa shape index (κ1) is 16.9. The summed E-state index contributed by atoms with van der Waals surface area (Å²) in [5.74, 6) is -2.28. The fourth-order valence-electron chi connectivity index (χ4n) is 2.23. The van der Waals surface area contributed by atoms with Crippen LogP contribution in [-0.2, 0) is 19.9 Å². The van der Waals surface area contributed by atoms with E-state index >= 15 is 0 Å². The molecule has 0 unspecified atom stereocenters. The van der Waals surface area contributed by atoms with E-state index in [0.29, 0.717) is 5.56 Å².